The smallest absolute Gasteiger partial charge is 0.138 e. The molecule has 2 aliphatic rings. The van der Waals surface area contributed by atoms with E-state index in [0.717, 1.165) is 48.0 Å². The van der Waals surface area contributed by atoms with E-state index in [9.17, 15) is 0 Å². The average Bonchev–Trinajstić information content (AvgIpc) is 2.87. The van der Waals surface area contributed by atoms with E-state index >= 15 is 0 Å². The van der Waals surface area contributed by atoms with Crippen LogP contribution in [0.25, 0.3) is 0 Å². The standard InChI is InChI=1S/C17H17IN4/c18-11-5-6-15-16(9-11)21-17(22-8-7-12(19)10-22)13-3-1-2-4-14(13)20-15/h1-6,9,12,20H,7-8,10,19H2. The van der Waals surface area contributed by atoms with E-state index in [4.69, 9.17) is 10.7 Å². The Morgan fingerprint density at radius 1 is 1.18 bits per heavy atom. The Kier molecular flexibility index (Phi) is 3.54. The molecule has 1 fully saturated rings. The first-order valence-corrected chi connectivity index (χ1v) is 8.54. The van der Waals surface area contributed by atoms with Crippen LogP contribution in [0.2, 0.25) is 0 Å². The van der Waals surface area contributed by atoms with Gasteiger partial charge in [0.2, 0.25) is 0 Å². The molecule has 1 atom stereocenters. The van der Waals surface area contributed by atoms with Crippen LogP contribution in [0.3, 0.4) is 0 Å². The molecule has 0 saturated carbocycles. The Morgan fingerprint density at radius 2 is 2.05 bits per heavy atom. The van der Waals surface area contributed by atoms with Crippen molar-refractivity contribution in [1.82, 2.24) is 4.90 Å². The molecule has 3 N–H and O–H groups in total. The van der Waals surface area contributed by atoms with Crippen molar-refractivity contribution in [2.75, 3.05) is 18.4 Å². The zero-order valence-electron chi connectivity index (χ0n) is 12.1. The van der Waals surface area contributed by atoms with Gasteiger partial charge in [0.1, 0.15) is 5.84 Å². The summed E-state index contributed by atoms with van der Waals surface area (Å²) in [7, 11) is 0. The Labute approximate surface area is 143 Å². The van der Waals surface area contributed by atoms with Crippen LogP contribution in [0.5, 0.6) is 0 Å². The monoisotopic (exact) mass is 404 g/mol. The van der Waals surface area contributed by atoms with E-state index in [1.54, 1.807) is 0 Å². The van der Waals surface area contributed by atoms with Crippen LogP contribution in [0, 0.1) is 3.57 Å². The maximum absolute atomic E-state index is 6.10. The highest BCUT2D eigenvalue weighted by molar-refractivity contribution is 14.1. The van der Waals surface area contributed by atoms with Crippen LogP contribution in [0.4, 0.5) is 17.1 Å². The molecule has 0 bridgehead atoms. The van der Waals surface area contributed by atoms with Gasteiger partial charge in [0.25, 0.3) is 0 Å². The number of amidine groups is 1. The van der Waals surface area contributed by atoms with Gasteiger partial charge in [0.15, 0.2) is 0 Å². The van der Waals surface area contributed by atoms with E-state index in [0.29, 0.717) is 0 Å². The highest BCUT2D eigenvalue weighted by Crippen LogP contribution is 2.36. The minimum atomic E-state index is 0.237. The highest BCUT2D eigenvalue weighted by Gasteiger charge is 2.26. The minimum Gasteiger partial charge on any atom is -0.354 e. The van der Waals surface area contributed by atoms with Crippen molar-refractivity contribution < 1.29 is 0 Å². The fourth-order valence-corrected chi connectivity index (χ4v) is 3.51. The lowest BCUT2D eigenvalue weighted by Gasteiger charge is -2.21. The van der Waals surface area contributed by atoms with Gasteiger partial charge < -0.3 is 16.0 Å². The lowest BCUT2D eigenvalue weighted by molar-refractivity contribution is 0.511. The summed E-state index contributed by atoms with van der Waals surface area (Å²) >= 11 is 2.33. The van der Waals surface area contributed by atoms with Crippen LogP contribution < -0.4 is 11.1 Å². The van der Waals surface area contributed by atoms with E-state index in [2.05, 4.69) is 75.3 Å². The summed E-state index contributed by atoms with van der Waals surface area (Å²) in [5.74, 6) is 1.02. The van der Waals surface area contributed by atoms with Gasteiger partial charge in [0.05, 0.1) is 11.4 Å². The molecular weight excluding hydrogens is 387 g/mol. The van der Waals surface area contributed by atoms with Crippen LogP contribution in [0.1, 0.15) is 12.0 Å². The fraction of sp³-hybridized carbons (Fsp3) is 0.235. The molecule has 2 heterocycles. The summed E-state index contributed by atoms with van der Waals surface area (Å²) in [6.45, 7) is 1.83. The number of likely N-dealkylation sites (tertiary alicyclic amines) is 1. The van der Waals surface area contributed by atoms with E-state index in [1.165, 1.54) is 3.57 Å². The quantitative estimate of drug-likeness (QED) is 0.662. The number of halogens is 1. The van der Waals surface area contributed by atoms with Crippen LogP contribution in [-0.4, -0.2) is 29.9 Å². The predicted octanol–water partition coefficient (Wildman–Crippen LogP) is 3.46. The maximum Gasteiger partial charge on any atom is 0.138 e. The number of nitrogens with two attached hydrogens (primary N) is 1. The first-order chi connectivity index (χ1) is 10.7. The van der Waals surface area contributed by atoms with Gasteiger partial charge in [-0.15, -0.1) is 0 Å². The summed E-state index contributed by atoms with van der Waals surface area (Å²) in [6, 6.07) is 14.9. The Hall–Kier alpha value is -1.60. The zero-order chi connectivity index (χ0) is 15.1. The molecule has 2 aromatic carbocycles. The van der Waals surface area contributed by atoms with Crippen LogP contribution in [-0.2, 0) is 0 Å². The summed E-state index contributed by atoms with van der Waals surface area (Å²) in [4.78, 5) is 7.28. The molecule has 0 radical (unpaired) electrons. The number of para-hydroxylation sites is 1. The molecule has 1 unspecified atom stereocenters. The summed E-state index contributed by atoms with van der Waals surface area (Å²) in [6.07, 6.45) is 1.02. The van der Waals surface area contributed by atoms with Crippen molar-refractivity contribution in [3.05, 3.63) is 51.6 Å². The Morgan fingerprint density at radius 3 is 2.86 bits per heavy atom. The maximum atomic E-state index is 6.10. The molecule has 0 amide bonds. The largest absolute Gasteiger partial charge is 0.354 e. The molecule has 0 aliphatic carbocycles. The third-order valence-corrected chi connectivity index (χ3v) is 4.82. The van der Waals surface area contributed by atoms with Gasteiger partial charge in [-0.2, -0.15) is 0 Å². The predicted molar refractivity (Wildman–Crippen MR) is 99.2 cm³/mol. The Bertz CT molecular complexity index is 756. The second kappa shape index (κ2) is 5.55. The molecule has 0 aromatic heterocycles. The van der Waals surface area contributed by atoms with E-state index in [1.807, 2.05) is 0 Å². The van der Waals surface area contributed by atoms with Crippen molar-refractivity contribution in [2.24, 2.45) is 10.7 Å². The average molecular weight is 404 g/mol. The number of hydrogen-bond acceptors (Lipinski definition) is 4. The lowest BCUT2D eigenvalue weighted by atomic mass is 10.1. The van der Waals surface area contributed by atoms with Crippen molar-refractivity contribution in [3.8, 4) is 0 Å². The third-order valence-electron chi connectivity index (χ3n) is 4.15. The number of benzene rings is 2. The summed E-state index contributed by atoms with van der Waals surface area (Å²) in [5, 5.41) is 3.52. The molecule has 5 heteroatoms. The molecule has 112 valence electrons. The van der Waals surface area contributed by atoms with Gasteiger partial charge in [-0.1, -0.05) is 12.1 Å². The molecule has 4 rings (SSSR count). The Balaban J connectivity index is 1.88. The van der Waals surface area contributed by atoms with Crippen molar-refractivity contribution in [1.29, 1.82) is 0 Å². The molecule has 22 heavy (non-hydrogen) atoms. The number of nitrogens with one attached hydrogen (secondary N) is 1. The molecule has 0 spiro atoms. The first kappa shape index (κ1) is 14.0. The van der Waals surface area contributed by atoms with Gasteiger partial charge in [-0.3, -0.25) is 0 Å². The van der Waals surface area contributed by atoms with Crippen molar-refractivity contribution in [2.45, 2.75) is 12.5 Å². The number of hydrogen-bond donors (Lipinski definition) is 2. The number of nitrogens with zero attached hydrogens (tertiary/aromatic N) is 2. The van der Waals surface area contributed by atoms with E-state index < -0.39 is 0 Å². The number of fused-ring (bicyclic) bond motifs is 2. The third kappa shape index (κ3) is 2.48. The first-order valence-electron chi connectivity index (χ1n) is 7.46. The van der Waals surface area contributed by atoms with Crippen molar-refractivity contribution in [3.63, 3.8) is 0 Å². The van der Waals surface area contributed by atoms with Crippen molar-refractivity contribution >= 4 is 45.5 Å². The molecule has 2 aliphatic heterocycles. The topological polar surface area (TPSA) is 53.6 Å². The second-order valence-electron chi connectivity index (χ2n) is 5.76. The molecular formula is C17H17IN4. The van der Waals surface area contributed by atoms with Gasteiger partial charge >= 0.3 is 0 Å². The summed E-state index contributed by atoms with van der Waals surface area (Å²) < 4.78 is 1.19. The number of aliphatic imine (C=N–C) groups is 1. The molecule has 2 aromatic rings. The van der Waals surface area contributed by atoms with E-state index in [-0.39, 0.29) is 6.04 Å². The second-order valence-corrected chi connectivity index (χ2v) is 7.01. The van der Waals surface area contributed by atoms with Crippen LogP contribution in [0.15, 0.2) is 47.5 Å². The zero-order valence-corrected chi connectivity index (χ0v) is 14.2. The number of anilines is 2. The molecule has 1 saturated heterocycles. The highest BCUT2D eigenvalue weighted by atomic mass is 127. The molecule has 4 nitrogen and oxygen atoms in total. The fourth-order valence-electron chi connectivity index (χ4n) is 3.03. The van der Waals surface area contributed by atoms with Gasteiger partial charge in [-0.05, 0) is 59.3 Å². The van der Waals surface area contributed by atoms with Gasteiger partial charge in [-0.25, -0.2) is 4.99 Å². The lowest BCUT2D eigenvalue weighted by Crippen LogP contribution is -2.32. The number of rotatable bonds is 0. The summed E-state index contributed by atoms with van der Waals surface area (Å²) in [5.41, 5.74) is 10.4. The minimum absolute atomic E-state index is 0.237. The van der Waals surface area contributed by atoms with Gasteiger partial charge in [0, 0.05) is 34.0 Å². The SMILES string of the molecule is NC1CCN(C2=Nc3cc(I)ccc3Nc3ccccc32)C1. The van der Waals surface area contributed by atoms with Crippen LogP contribution >= 0.6 is 22.6 Å². The normalized spacial score (nSPS) is 19.8.